The number of hydrogen-bond acceptors (Lipinski definition) is 8. The normalized spacial score (nSPS) is 16.9. The molecule has 2 aliphatic heterocycles. The van der Waals surface area contributed by atoms with E-state index in [2.05, 4.69) is 26.5 Å². The SMILES string of the molecule is COc1ccc2c(c1)C=C(c1c(C(=O)N(C)CCN(C)C)cnn1C)Cn1c-2c(C2CCCCC2)c2ccc(C(=O)NS(=O)(=O)N3CCOCC3)cc21. The van der Waals surface area contributed by atoms with Crippen molar-refractivity contribution in [1.29, 1.82) is 0 Å². The summed E-state index contributed by atoms with van der Waals surface area (Å²) in [6.07, 6.45) is 9.35. The summed E-state index contributed by atoms with van der Waals surface area (Å²) < 4.78 is 45.0. The second-order valence-corrected chi connectivity index (χ2v) is 16.2. The quantitative estimate of drug-likeness (QED) is 0.250. The molecule has 3 aliphatic rings. The lowest BCUT2D eigenvalue weighted by atomic mass is 9.81. The number of allylic oxidation sites excluding steroid dienone is 1. The van der Waals surface area contributed by atoms with Crippen molar-refractivity contribution in [3.8, 4) is 17.0 Å². The van der Waals surface area contributed by atoms with E-state index in [0.29, 0.717) is 36.0 Å². The molecule has 0 atom stereocenters. The van der Waals surface area contributed by atoms with Crippen molar-refractivity contribution < 1.29 is 27.5 Å². The van der Waals surface area contributed by atoms with Crippen LogP contribution in [0.15, 0.2) is 42.6 Å². The number of aryl methyl sites for hydroxylation is 1. The predicted octanol–water partition coefficient (Wildman–Crippen LogP) is 4.59. The summed E-state index contributed by atoms with van der Waals surface area (Å²) in [5.41, 5.74) is 7.43. The summed E-state index contributed by atoms with van der Waals surface area (Å²) in [6.45, 7) is 2.59. The Morgan fingerprint density at radius 2 is 1.75 bits per heavy atom. The Hall–Kier alpha value is -4.50. The van der Waals surface area contributed by atoms with Crippen molar-refractivity contribution in [1.82, 2.24) is 33.2 Å². The van der Waals surface area contributed by atoms with Crippen molar-refractivity contribution in [2.24, 2.45) is 7.05 Å². The third-order valence-corrected chi connectivity index (χ3v) is 12.3. The van der Waals surface area contributed by atoms with Gasteiger partial charge < -0.3 is 23.8 Å². The van der Waals surface area contributed by atoms with Gasteiger partial charge in [0.25, 0.3) is 11.8 Å². The molecule has 7 rings (SSSR count). The molecule has 1 aliphatic carbocycles. The largest absolute Gasteiger partial charge is 0.497 e. The van der Waals surface area contributed by atoms with Crippen LogP contribution in [-0.2, 0) is 28.5 Å². The van der Waals surface area contributed by atoms with Gasteiger partial charge in [-0.05, 0) is 86.0 Å². The van der Waals surface area contributed by atoms with Gasteiger partial charge >= 0.3 is 10.2 Å². The van der Waals surface area contributed by atoms with Gasteiger partial charge in [-0.2, -0.15) is 17.8 Å². The van der Waals surface area contributed by atoms with E-state index in [0.717, 1.165) is 65.5 Å². The Kier molecular flexibility index (Phi) is 10.5. The molecule has 2 aromatic heterocycles. The fraction of sp³-hybridized carbons (Fsp3) is 0.462. The van der Waals surface area contributed by atoms with Crippen LogP contribution in [-0.4, -0.2) is 116 Å². The minimum atomic E-state index is -4.06. The molecule has 0 bridgehead atoms. The number of fused-ring (bicyclic) bond motifs is 5. The van der Waals surface area contributed by atoms with Crippen LogP contribution in [0.5, 0.6) is 5.75 Å². The Labute approximate surface area is 311 Å². The Morgan fingerprint density at radius 3 is 2.47 bits per heavy atom. The number of hydrogen-bond donors (Lipinski definition) is 1. The lowest BCUT2D eigenvalue weighted by Crippen LogP contribution is -2.48. The van der Waals surface area contributed by atoms with Crippen LogP contribution in [0.3, 0.4) is 0 Å². The predicted molar refractivity (Wildman–Crippen MR) is 205 cm³/mol. The summed E-state index contributed by atoms with van der Waals surface area (Å²) >= 11 is 0. The highest BCUT2D eigenvalue weighted by molar-refractivity contribution is 7.87. The molecule has 2 aromatic carbocycles. The number of morpholine rings is 1. The van der Waals surface area contributed by atoms with Gasteiger partial charge in [0.05, 0.1) is 50.0 Å². The molecular weight excluding hydrogens is 695 g/mol. The number of benzene rings is 2. The number of amides is 2. The number of nitrogens with zero attached hydrogens (tertiary/aromatic N) is 6. The number of carbonyl (C=O) groups is 2. The van der Waals surface area contributed by atoms with Gasteiger partial charge in [-0.25, -0.2) is 4.72 Å². The van der Waals surface area contributed by atoms with E-state index in [9.17, 15) is 18.0 Å². The molecule has 2 fully saturated rings. The van der Waals surface area contributed by atoms with Crippen molar-refractivity contribution >= 4 is 44.6 Å². The van der Waals surface area contributed by atoms with Crippen LogP contribution >= 0.6 is 0 Å². The number of rotatable bonds is 10. The van der Waals surface area contributed by atoms with E-state index >= 15 is 0 Å². The third kappa shape index (κ3) is 7.25. The molecule has 1 saturated heterocycles. The van der Waals surface area contributed by atoms with Crippen molar-refractivity contribution in [2.75, 3.05) is 67.6 Å². The molecule has 0 spiro atoms. The first kappa shape index (κ1) is 36.8. The molecule has 53 heavy (non-hydrogen) atoms. The average Bonchev–Trinajstić information content (AvgIpc) is 3.65. The molecule has 282 valence electrons. The van der Waals surface area contributed by atoms with Gasteiger partial charge in [-0.15, -0.1) is 0 Å². The molecule has 4 heterocycles. The summed E-state index contributed by atoms with van der Waals surface area (Å²) in [5, 5.41) is 5.61. The number of nitrogens with one attached hydrogen (secondary N) is 1. The second-order valence-electron chi connectivity index (χ2n) is 14.5. The molecule has 0 radical (unpaired) electrons. The van der Waals surface area contributed by atoms with E-state index in [1.807, 2.05) is 57.4 Å². The molecule has 13 nitrogen and oxygen atoms in total. The fourth-order valence-electron chi connectivity index (χ4n) is 7.99. The first-order valence-electron chi connectivity index (χ1n) is 18.3. The third-order valence-electron chi connectivity index (χ3n) is 10.8. The van der Waals surface area contributed by atoms with Crippen molar-refractivity contribution in [2.45, 2.75) is 44.6 Å². The lowest BCUT2D eigenvalue weighted by molar-refractivity contribution is 0.0719. The maximum atomic E-state index is 14.0. The molecular formula is C39H49N7O6S. The molecule has 2 amide bonds. The van der Waals surface area contributed by atoms with Crippen LogP contribution < -0.4 is 9.46 Å². The summed E-state index contributed by atoms with van der Waals surface area (Å²) in [4.78, 5) is 31.4. The maximum absolute atomic E-state index is 14.0. The Morgan fingerprint density at radius 1 is 1.00 bits per heavy atom. The highest BCUT2D eigenvalue weighted by atomic mass is 32.2. The Bertz CT molecular complexity index is 2170. The van der Waals surface area contributed by atoms with E-state index in [1.54, 1.807) is 29.0 Å². The fourth-order valence-corrected chi connectivity index (χ4v) is 9.10. The number of likely N-dealkylation sites (N-methyl/N-ethyl adjacent to an activating group) is 2. The van der Waals surface area contributed by atoms with Gasteiger partial charge in [0.2, 0.25) is 0 Å². The summed E-state index contributed by atoms with van der Waals surface area (Å²) in [5.74, 6) is 0.211. The van der Waals surface area contributed by atoms with Crippen molar-refractivity contribution in [3.63, 3.8) is 0 Å². The molecule has 1 N–H and O–H groups in total. The number of aromatic nitrogens is 3. The minimum absolute atomic E-state index is 0.119. The van der Waals surface area contributed by atoms with Gasteiger partial charge in [0, 0.05) is 62.3 Å². The smallest absolute Gasteiger partial charge is 0.304 e. The zero-order valence-corrected chi connectivity index (χ0v) is 32.0. The van der Waals surface area contributed by atoms with E-state index in [1.165, 1.54) is 16.3 Å². The van der Waals surface area contributed by atoms with Crippen LogP contribution in [0, 0.1) is 0 Å². The maximum Gasteiger partial charge on any atom is 0.304 e. The zero-order chi connectivity index (χ0) is 37.4. The van der Waals surface area contributed by atoms with E-state index in [4.69, 9.17) is 9.47 Å². The number of methoxy groups -OCH3 is 1. The van der Waals surface area contributed by atoms with Crippen molar-refractivity contribution in [3.05, 3.63) is 70.5 Å². The number of carbonyl (C=O) groups excluding carboxylic acids is 2. The molecule has 0 unspecified atom stereocenters. The molecule has 1 saturated carbocycles. The van der Waals surface area contributed by atoms with Gasteiger partial charge in [0.1, 0.15) is 5.75 Å². The van der Waals surface area contributed by atoms with E-state index < -0.39 is 16.1 Å². The first-order chi connectivity index (χ1) is 25.5. The lowest BCUT2D eigenvalue weighted by Gasteiger charge is -2.25. The van der Waals surface area contributed by atoms with Crippen LogP contribution in [0.2, 0.25) is 0 Å². The highest BCUT2D eigenvalue weighted by Crippen LogP contribution is 2.48. The molecule has 14 heteroatoms. The van der Waals surface area contributed by atoms with Gasteiger partial charge in [-0.1, -0.05) is 25.3 Å². The average molecular weight is 744 g/mol. The van der Waals surface area contributed by atoms with Gasteiger partial charge in [-0.3, -0.25) is 14.3 Å². The monoisotopic (exact) mass is 743 g/mol. The summed E-state index contributed by atoms with van der Waals surface area (Å²) in [7, 11) is 5.22. The zero-order valence-electron chi connectivity index (χ0n) is 31.2. The first-order valence-corrected chi connectivity index (χ1v) is 19.8. The standard InChI is InChI=1S/C39H49N7O6S/c1-42(2)15-16-43(3)39(48)33-24-40-44(4)36(33)29-21-28-22-30(51-5)12-14-31(28)37-35(26-9-7-6-8-10-26)32-13-11-27(23-34(32)46(37)25-29)38(47)41-53(49,50)45-17-19-52-20-18-45/h11-14,21-24,26H,6-10,15-20,25H2,1-5H3,(H,41,47). The van der Waals surface area contributed by atoms with Crippen LogP contribution in [0.4, 0.5) is 0 Å². The summed E-state index contributed by atoms with van der Waals surface area (Å²) in [6, 6.07) is 11.6. The molecule has 4 aromatic rings. The minimum Gasteiger partial charge on any atom is -0.497 e. The topological polar surface area (TPSA) is 131 Å². The number of ether oxygens (including phenoxy) is 2. The van der Waals surface area contributed by atoms with E-state index in [-0.39, 0.29) is 37.8 Å². The second kappa shape index (κ2) is 15.1. The van der Waals surface area contributed by atoms with Crippen LogP contribution in [0.25, 0.3) is 33.8 Å². The van der Waals surface area contributed by atoms with Crippen LogP contribution in [0.1, 0.15) is 75.6 Å². The van der Waals surface area contributed by atoms with Gasteiger partial charge in [0.15, 0.2) is 0 Å². The highest BCUT2D eigenvalue weighted by Gasteiger charge is 2.33. The Balaban J connectivity index is 1.39.